The highest BCUT2D eigenvalue weighted by Gasteiger charge is 2.06. The molecule has 0 amide bonds. The molecule has 1 atom stereocenters. The first-order valence-electron chi connectivity index (χ1n) is 5.25. The smallest absolute Gasteiger partial charge is 0.0794 e. The second kappa shape index (κ2) is 6.40. The second-order valence-corrected chi connectivity index (χ2v) is 6.20. The van der Waals surface area contributed by atoms with Crippen LogP contribution in [-0.2, 0) is 6.42 Å². The summed E-state index contributed by atoms with van der Waals surface area (Å²) in [6.45, 7) is 0. The highest BCUT2D eigenvalue weighted by atomic mass is 35.5. The van der Waals surface area contributed by atoms with Crippen molar-refractivity contribution in [2.75, 3.05) is 5.75 Å². The van der Waals surface area contributed by atoms with Gasteiger partial charge in [0.1, 0.15) is 0 Å². The minimum Gasteiger partial charge on any atom is -0.327 e. The Balaban J connectivity index is 1.79. The highest BCUT2D eigenvalue weighted by Crippen LogP contribution is 2.21. The molecule has 1 aromatic carbocycles. The van der Waals surface area contributed by atoms with Gasteiger partial charge in [-0.15, -0.1) is 23.1 Å². The molecule has 17 heavy (non-hydrogen) atoms. The Bertz CT molecular complexity index is 442. The Morgan fingerprint density at radius 3 is 2.76 bits per heavy atom. The van der Waals surface area contributed by atoms with E-state index in [1.165, 1.54) is 9.77 Å². The van der Waals surface area contributed by atoms with E-state index < -0.39 is 0 Å². The van der Waals surface area contributed by atoms with Gasteiger partial charge in [-0.1, -0.05) is 11.6 Å². The molecule has 1 unspecified atom stereocenters. The lowest BCUT2D eigenvalue weighted by Crippen LogP contribution is -2.25. The van der Waals surface area contributed by atoms with Crippen molar-refractivity contribution in [1.82, 2.24) is 4.98 Å². The summed E-state index contributed by atoms with van der Waals surface area (Å²) in [5, 5.41) is 0.767. The summed E-state index contributed by atoms with van der Waals surface area (Å²) >= 11 is 9.25. The zero-order valence-electron chi connectivity index (χ0n) is 9.17. The first-order chi connectivity index (χ1) is 8.24. The minimum absolute atomic E-state index is 0.163. The predicted molar refractivity (Wildman–Crippen MR) is 76.0 cm³/mol. The average Bonchev–Trinajstić information content (AvgIpc) is 2.81. The van der Waals surface area contributed by atoms with Gasteiger partial charge in [-0.05, 0) is 30.7 Å². The lowest BCUT2D eigenvalue weighted by Gasteiger charge is -2.09. The van der Waals surface area contributed by atoms with Crippen molar-refractivity contribution in [3.63, 3.8) is 0 Å². The first kappa shape index (κ1) is 12.9. The van der Waals surface area contributed by atoms with Crippen LogP contribution in [0.2, 0.25) is 5.02 Å². The Morgan fingerprint density at radius 1 is 1.35 bits per heavy atom. The lowest BCUT2D eigenvalue weighted by atomic mass is 10.2. The lowest BCUT2D eigenvalue weighted by molar-refractivity contribution is 0.756. The minimum atomic E-state index is 0.163. The third-order valence-corrected chi connectivity index (χ3v) is 4.48. The summed E-state index contributed by atoms with van der Waals surface area (Å²) in [5.74, 6) is 0.902. The van der Waals surface area contributed by atoms with Gasteiger partial charge in [0, 0.05) is 32.8 Å². The summed E-state index contributed by atoms with van der Waals surface area (Å²) in [6, 6.07) is 8.01. The Morgan fingerprint density at radius 2 is 2.12 bits per heavy atom. The van der Waals surface area contributed by atoms with Crippen LogP contribution < -0.4 is 5.73 Å². The maximum absolute atomic E-state index is 6.07. The molecule has 2 rings (SSSR count). The number of hydrogen-bond donors (Lipinski definition) is 1. The molecule has 0 saturated heterocycles. The van der Waals surface area contributed by atoms with E-state index in [2.05, 4.69) is 4.98 Å². The quantitative estimate of drug-likeness (QED) is 0.855. The number of thioether (sulfide) groups is 1. The van der Waals surface area contributed by atoms with Crippen LogP contribution in [0.25, 0.3) is 0 Å². The van der Waals surface area contributed by atoms with Gasteiger partial charge in [0.25, 0.3) is 0 Å². The SMILES string of the molecule is NC(CSc1ccc(Cl)cc1)Cc1cncs1. The number of nitrogens with zero attached hydrogens (tertiary/aromatic N) is 1. The van der Waals surface area contributed by atoms with Crippen LogP contribution in [0, 0.1) is 0 Å². The molecular weight excluding hydrogens is 272 g/mol. The maximum Gasteiger partial charge on any atom is 0.0794 e. The van der Waals surface area contributed by atoms with Gasteiger partial charge >= 0.3 is 0 Å². The van der Waals surface area contributed by atoms with E-state index >= 15 is 0 Å². The van der Waals surface area contributed by atoms with Crippen molar-refractivity contribution < 1.29 is 0 Å². The monoisotopic (exact) mass is 284 g/mol. The first-order valence-corrected chi connectivity index (χ1v) is 7.49. The van der Waals surface area contributed by atoms with E-state index in [-0.39, 0.29) is 6.04 Å². The number of hydrogen-bond acceptors (Lipinski definition) is 4. The predicted octanol–water partition coefficient (Wildman–Crippen LogP) is 3.46. The molecule has 2 N–H and O–H groups in total. The zero-order chi connectivity index (χ0) is 12.1. The van der Waals surface area contributed by atoms with Gasteiger partial charge in [0.15, 0.2) is 0 Å². The highest BCUT2D eigenvalue weighted by molar-refractivity contribution is 7.99. The van der Waals surface area contributed by atoms with Crippen LogP contribution >= 0.6 is 34.7 Å². The van der Waals surface area contributed by atoms with Crippen molar-refractivity contribution in [3.05, 3.63) is 45.9 Å². The zero-order valence-corrected chi connectivity index (χ0v) is 11.6. The van der Waals surface area contributed by atoms with Crippen molar-refractivity contribution in [2.24, 2.45) is 5.73 Å². The van der Waals surface area contributed by atoms with Gasteiger partial charge in [0.2, 0.25) is 0 Å². The molecule has 0 spiro atoms. The van der Waals surface area contributed by atoms with Gasteiger partial charge in [0.05, 0.1) is 5.51 Å². The largest absolute Gasteiger partial charge is 0.327 e. The van der Waals surface area contributed by atoms with E-state index in [4.69, 9.17) is 17.3 Å². The van der Waals surface area contributed by atoms with E-state index in [9.17, 15) is 0 Å². The molecule has 2 aromatic rings. The van der Waals surface area contributed by atoms with Crippen molar-refractivity contribution >= 4 is 34.7 Å². The van der Waals surface area contributed by atoms with E-state index in [0.717, 1.165) is 17.2 Å². The maximum atomic E-state index is 6.07. The molecule has 90 valence electrons. The van der Waals surface area contributed by atoms with Crippen molar-refractivity contribution in [1.29, 1.82) is 0 Å². The van der Waals surface area contributed by atoms with Gasteiger partial charge in [-0.25, -0.2) is 0 Å². The topological polar surface area (TPSA) is 38.9 Å². The molecule has 5 heteroatoms. The van der Waals surface area contributed by atoms with Crippen LogP contribution in [-0.4, -0.2) is 16.8 Å². The molecule has 1 heterocycles. The molecule has 0 aliphatic heterocycles. The van der Waals surface area contributed by atoms with Crippen LogP contribution in [0.1, 0.15) is 4.88 Å². The Kier molecular flexibility index (Phi) is 4.86. The average molecular weight is 285 g/mol. The number of aromatic nitrogens is 1. The van der Waals surface area contributed by atoms with Crippen molar-refractivity contribution in [3.8, 4) is 0 Å². The standard InChI is InChI=1S/C12H13ClN2S2/c13-9-1-3-11(4-2-9)16-7-10(14)5-12-6-15-8-17-12/h1-4,6,8,10H,5,7,14H2. The van der Waals surface area contributed by atoms with E-state index in [1.54, 1.807) is 23.1 Å². The fraction of sp³-hybridized carbons (Fsp3) is 0.250. The molecule has 2 nitrogen and oxygen atoms in total. The third kappa shape index (κ3) is 4.32. The molecule has 0 aliphatic rings. The summed E-state index contributed by atoms with van der Waals surface area (Å²) in [4.78, 5) is 6.49. The number of halogens is 1. The summed E-state index contributed by atoms with van der Waals surface area (Å²) in [6.07, 6.45) is 2.78. The van der Waals surface area contributed by atoms with Gasteiger partial charge in [-0.3, -0.25) is 4.98 Å². The molecule has 1 aromatic heterocycles. The normalized spacial score (nSPS) is 12.6. The van der Waals surface area contributed by atoms with Crippen LogP contribution in [0.5, 0.6) is 0 Å². The molecule has 0 fully saturated rings. The molecule has 0 aliphatic carbocycles. The molecule has 0 bridgehead atoms. The number of thiazole rings is 1. The number of rotatable bonds is 5. The van der Waals surface area contributed by atoms with E-state index in [1.807, 2.05) is 36.0 Å². The van der Waals surface area contributed by atoms with Crippen molar-refractivity contribution in [2.45, 2.75) is 17.4 Å². The van der Waals surface area contributed by atoms with Crippen LogP contribution in [0.3, 0.4) is 0 Å². The summed E-state index contributed by atoms with van der Waals surface area (Å²) < 4.78 is 0. The summed E-state index contributed by atoms with van der Waals surface area (Å²) in [5.41, 5.74) is 7.92. The Labute approximate surface area is 114 Å². The molecule has 0 saturated carbocycles. The molecular formula is C12H13ClN2S2. The number of nitrogens with two attached hydrogens (primary N) is 1. The number of benzene rings is 1. The van der Waals surface area contributed by atoms with Crippen LogP contribution in [0.15, 0.2) is 40.9 Å². The third-order valence-electron chi connectivity index (χ3n) is 2.22. The van der Waals surface area contributed by atoms with Crippen LogP contribution in [0.4, 0.5) is 0 Å². The van der Waals surface area contributed by atoms with Gasteiger partial charge in [-0.2, -0.15) is 0 Å². The fourth-order valence-corrected chi connectivity index (χ4v) is 3.06. The Hall–Kier alpha value is -0.550. The summed E-state index contributed by atoms with van der Waals surface area (Å²) in [7, 11) is 0. The van der Waals surface area contributed by atoms with E-state index in [0.29, 0.717) is 0 Å². The molecule has 0 radical (unpaired) electrons. The fourth-order valence-electron chi connectivity index (χ4n) is 1.39. The second-order valence-electron chi connectivity index (χ2n) is 3.70. The van der Waals surface area contributed by atoms with Gasteiger partial charge < -0.3 is 5.73 Å².